The third-order valence-corrected chi connectivity index (χ3v) is 6.13. The minimum Gasteiger partial charge on any atom is -0.208 e. The molecule has 0 spiro atoms. The number of hydrogen-bond acceptors (Lipinski definition) is 2. The molecule has 2 atom stereocenters. The van der Waals surface area contributed by atoms with Gasteiger partial charge in [0.05, 0.1) is 5.02 Å². The predicted molar refractivity (Wildman–Crippen MR) is 87.4 cm³/mol. The van der Waals surface area contributed by atoms with Crippen molar-refractivity contribution in [2.75, 3.05) is 0 Å². The summed E-state index contributed by atoms with van der Waals surface area (Å²) >= 11 is 11.9. The fourth-order valence-electron chi connectivity index (χ4n) is 3.40. The molecule has 0 amide bonds. The monoisotopic (exact) mass is 349 g/mol. The van der Waals surface area contributed by atoms with Crippen molar-refractivity contribution < 1.29 is 8.42 Å². The van der Waals surface area contributed by atoms with Crippen LogP contribution >= 0.6 is 23.2 Å². The van der Waals surface area contributed by atoms with E-state index < -0.39 is 10.0 Å². The molecule has 118 valence electrons. The lowest BCUT2D eigenvalue weighted by atomic mass is 9.71. The van der Waals surface area contributed by atoms with Crippen LogP contribution in [-0.4, -0.2) is 14.5 Å². The van der Waals surface area contributed by atoms with Gasteiger partial charge < -0.3 is 0 Å². The normalized spacial score (nSPS) is 25.8. The number of rotatable bonds is 3. The summed E-state index contributed by atoms with van der Waals surface area (Å²) in [5, 5.41) is 0.548. The first kappa shape index (κ1) is 17.1. The summed E-state index contributed by atoms with van der Waals surface area (Å²) < 4.78 is 27.9. The van der Waals surface area contributed by atoms with Gasteiger partial charge in [0, 0.05) is 11.1 Å². The zero-order valence-corrected chi connectivity index (χ0v) is 14.8. The fraction of sp³-hybridized carbons (Fsp3) is 0.600. The molecule has 1 aliphatic rings. The van der Waals surface area contributed by atoms with Crippen molar-refractivity contribution in [3.8, 4) is 0 Å². The van der Waals surface area contributed by atoms with E-state index in [1.807, 2.05) is 0 Å². The summed E-state index contributed by atoms with van der Waals surface area (Å²) in [5.41, 5.74) is 0.142. The van der Waals surface area contributed by atoms with Crippen molar-refractivity contribution in [3.63, 3.8) is 0 Å². The molecular weight excluding hydrogens is 329 g/mol. The van der Waals surface area contributed by atoms with E-state index in [-0.39, 0.29) is 21.4 Å². The number of benzene rings is 1. The zero-order chi connectivity index (χ0) is 15.8. The van der Waals surface area contributed by atoms with Crippen molar-refractivity contribution in [2.45, 2.75) is 51.0 Å². The molecule has 0 aliphatic heterocycles. The van der Waals surface area contributed by atoms with E-state index in [0.717, 1.165) is 19.3 Å². The highest BCUT2D eigenvalue weighted by Crippen LogP contribution is 2.39. The molecule has 0 saturated heterocycles. The molecule has 2 unspecified atom stereocenters. The van der Waals surface area contributed by atoms with Crippen LogP contribution in [0, 0.1) is 11.3 Å². The number of nitrogens with one attached hydrogen (secondary N) is 1. The highest BCUT2D eigenvalue weighted by atomic mass is 35.5. The van der Waals surface area contributed by atoms with E-state index in [4.69, 9.17) is 23.2 Å². The second kappa shape index (κ2) is 6.07. The maximum Gasteiger partial charge on any atom is 0.242 e. The van der Waals surface area contributed by atoms with E-state index in [1.165, 1.54) is 12.1 Å². The van der Waals surface area contributed by atoms with Gasteiger partial charge in [0.1, 0.15) is 4.90 Å². The lowest BCUT2D eigenvalue weighted by Crippen LogP contribution is -2.42. The van der Waals surface area contributed by atoms with E-state index in [9.17, 15) is 8.42 Å². The van der Waals surface area contributed by atoms with Gasteiger partial charge >= 0.3 is 0 Å². The Morgan fingerprint density at radius 3 is 2.52 bits per heavy atom. The molecule has 0 bridgehead atoms. The summed E-state index contributed by atoms with van der Waals surface area (Å²) in [6, 6.07) is 4.41. The van der Waals surface area contributed by atoms with Gasteiger partial charge in [0.15, 0.2) is 0 Å². The number of sulfonamides is 1. The SMILES string of the molecule is CC1CC(NS(=O)(=O)c2cc(Cl)ccc2Cl)CC(C)(C)C1. The summed E-state index contributed by atoms with van der Waals surface area (Å²) in [7, 11) is -3.65. The first-order valence-corrected chi connectivity index (χ1v) is 9.30. The zero-order valence-electron chi connectivity index (χ0n) is 12.5. The lowest BCUT2D eigenvalue weighted by molar-refractivity contribution is 0.163. The quantitative estimate of drug-likeness (QED) is 0.873. The molecule has 21 heavy (non-hydrogen) atoms. The third-order valence-electron chi connectivity index (χ3n) is 3.89. The molecule has 0 aromatic heterocycles. The van der Waals surface area contributed by atoms with Crippen molar-refractivity contribution in [3.05, 3.63) is 28.2 Å². The van der Waals surface area contributed by atoms with Crippen LogP contribution in [-0.2, 0) is 10.0 Å². The Bertz CT molecular complexity index is 629. The van der Waals surface area contributed by atoms with Crippen LogP contribution in [0.5, 0.6) is 0 Å². The van der Waals surface area contributed by atoms with E-state index in [0.29, 0.717) is 10.9 Å². The Kier molecular flexibility index (Phi) is 4.94. The Balaban J connectivity index is 2.23. The van der Waals surface area contributed by atoms with Crippen LogP contribution in [0.15, 0.2) is 23.1 Å². The fourth-order valence-corrected chi connectivity index (χ4v) is 5.41. The highest BCUT2D eigenvalue weighted by molar-refractivity contribution is 7.89. The minimum atomic E-state index is -3.65. The average Bonchev–Trinajstić information content (AvgIpc) is 2.28. The largest absolute Gasteiger partial charge is 0.242 e. The standard InChI is InChI=1S/C15H21Cl2NO2S/c1-10-6-12(9-15(2,3)8-10)18-21(19,20)14-7-11(16)4-5-13(14)17/h4-5,7,10,12,18H,6,8-9H2,1-3H3. The smallest absolute Gasteiger partial charge is 0.208 e. The third kappa shape index (κ3) is 4.35. The first-order valence-electron chi connectivity index (χ1n) is 7.06. The maximum atomic E-state index is 12.5. The molecule has 1 fully saturated rings. The molecule has 1 aromatic rings. The van der Waals surface area contributed by atoms with Gasteiger partial charge in [0.2, 0.25) is 10.0 Å². The average molecular weight is 350 g/mol. The number of hydrogen-bond donors (Lipinski definition) is 1. The minimum absolute atomic E-state index is 0.0488. The van der Waals surface area contributed by atoms with Gasteiger partial charge in [-0.3, -0.25) is 0 Å². The second-order valence-electron chi connectivity index (χ2n) is 6.81. The molecule has 1 saturated carbocycles. The molecule has 0 heterocycles. The highest BCUT2D eigenvalue weighted by Gasteiger charge is 2.34. The summed E-state index contributed by atoms with van der Waals surface area (Å²) in [6.07, 6.45) is 2.79. The predicted octanol–water partition coefficient (Wildman–Crippen LogP) is 4.49. The Morgan fingerprint density at radius 1 is 1.24 bits per heavy atom. The lowest BCUT2D eigenvalue weighted by Gasteiger charge is -2.39. The van der Waals surface area contributed by atoms with Crippen molar-refractivity contribution >= 4 is 33.2 Å². The van der Waals surface area contributed by atoms with Gasteiger partial charge in [-0.2, -0.15) is 0 Å². The Morgan fingerprint density at radius 2 is 1.90 bits per heavy atom. The summed E-state index contributed by atoms with van der Waals surface area (Å²) in [5.74, 6) is 0.497. The van der Waals surface area contributed by atoms with Crippen LogP contribution in [0.4, 0.5) is 0 Å². The van der Waals surface area contributed by atoms with Crippen LogP contribution < -0.4 is 4.72 Å². The van der Waals surface area contributed by atoms with Crippen LogP contribution in [0.1, 0.15) is 40.0 Å². The van der Waals surface area contributed by atoms with Gasteiger partial charge in [-0.25, -0.2) is 13.1 Å². The Hall–Kier alpha value is -0.290. The molecular formula is C15H21Cl2NO2S. The van der Waals surface area contributed by atoms with Crippen LogP contribution in [0.3, 0.4) is 0 Å². The molecule has 2 rings (SSSR count). The molecule has 1 aromatic carbocycles. The Labute approximate surface area is 137 Å². The van der Waals surface area contributed by atoms with Gasteiger partial charge in [-0.05, 0) is 48.8 Å². The summed E-state index contributed by atoms with van der Waals surface area (Å²) in [6.45, 7) is 6.52. The molecule has 3 nitrogen and oxygen atoms in total. The van der Waals surface area contributed by atoms with E-state index in [2.05, 4.69) is 25.5 Å². The topological polar surface area (TPSA) is 46.2 Å². The van der Waals surface area contributed by atoms with E-state index in [1.54, 1.807) is 6.07 Å². The van der Waals surface area contributed by atoms with Crippen LogP contribution in [0.25, 0.3) is 0 Å². The first-order chi connectivity index (χ1) is 9.59. The maximum absolute atomic E-state index is 12.5. The van der Waals surface area contributed by atoms with Crippen molar-refractivity contribution in [1.29, 1.82) is 0 Å². The molecule has 1 aliphatic carbocycles. The van der Waals surface area contributed by atoms with Gasteiger partial charge in [-0.15, -0.1) is 0 Å². The molecule has 6 heteroatoms. The van der Waals surface area contributed by atoms with Gasteiger partial charge in [0.25, 0.3) is 0 Å². The van der Waals surface area contributed by atoms with E-state index >= 15 is 0 Å². The van der Waals surface area contributed by atoms with Gasteiger partial charge in [-0.1, -0.05) is 44.0 Å². The molecule has 1 N–H and O–H groups in total. The van der Waals surface area contributed by atoms with Crippen LogP contribution in [0.2, 0.25) is 10.0 Å². The second-order valence-corrected chi connectivity index (χ2v) is 9.33. The van der Waals surface area contributed by atoms with Crippen molar-refractivity contribution in [1.82, 2.24) is 4.72 Å². The molecule has 0 radical (unpaired) electrons. The van der Waals surface area contributed by atoms with Crippen molar-refractivity contribution in [2.24, 2.45) is 11.3 Å². The number of halogens is 2. The summed E-state index contributed by atoms with van der Waals surface area (Å²) in [4.78, 5) is 0.0488.